The van der Waals surface area contributed by atoms with Gasteiger partial charge in [-0.05, 0) is 30.3 Å². The molecular weight excluding hydrogens is 344 g/mol. The molecule has 24 heavy (non-hydrogen) atoms. The Kier molecular flexibility index (Phi) is 4.15. The minimum absolute atomic E-state index is 0.187. The fourth-order valence-electron chi connectivity index (χ4n) is 2.16. The number of hydrogen-bond acceptors (Lipinski definition) is 3. The van der Waals surface area contributed by atoms with Crippen LogP contribution in [-0.2, 0) is 6.18 Å². The third-order valence-electron chi connectivity index (χ3n) is 3.28. The van der Waals surface area contributed by atoms with Crippen LogP contribution in [0.3, 0.4) is 0 Å². The van der Waals surface area contributed by atoms with Gasteiger partial charge in [-0.25, -0.2) is 4.39 Å². The number of benzene rings is 2. The first-order valence-electron chi connectivity index (χ1n) is 6.77. The van der Waals surface area contributed by atoms with Crippen molar-refractivity contribution in [2.75, 3.05) is 5.43 Å². The van der Waals surface area contributed by atoms with Gasteiger partial charge < -0.3 is 0 Å². The van der Waals surface area contributed by atoms with Gasteiger partial charge in [0.1, 0.15) is 5.82 Å². The predicted molar refractivity (Wildman–Crippen MR) is 84.3 cm³/mol. The maximum atomic E-state index is 13.6. The Balaban J connectivity index is 1.80. The van der Waals surface area contributed by atoms with Crippen LogP contribution in [0.1, 0.15) is 15.2 Å². The van der Waals surface area contributed by atoms with E-state index in [0.717, 1.165) is 17.4 Å². The van der Waals surface area contributed by atoms with Crippen molar-refractivity contribution in [1.82, 2.24) is 5.43 Å². The quantitative estimate of drug-likeness (QED) is 0.523. The average molecular weight is 354 g/mol. The van der Waals surface area contributed by atoms with E-state index in [-0.39, 0.29) is 10.6 Å². The van der Waals surface area contributed by atoms with Crippen molar-refractivity contribution in [3.8, 4) is 0 Å². The van der Waals surface area contributed by atoms with E-state index in [4.69, 9.17) is 0 Å². The van der Waals surface area contributed by atoms with Crippen LogP contribution in [0.2, 0.25) is 0 Å². The summed E-state index contributed by atoms with van der Waals surface area (Å²) >= 11 is 1.05. The van der Waals surface area contributed by atoms with E-state index in [9.17, 15) is 22.4 Å². The number of amides is 1. The second-order valence-corrected chi connectivity index (χ2v) is 5.97. The summed E-state index contributed by atoms with van der Waals surface area (Å²) in [6.07, 6.45) is -4.55. The third-order valence-corrected chi connectivity index (χ3v) is 4.37. The van der Waals surface area contributed by atoms with Crippen molar-refractivity contribution in [3.05, 3.63) is 64.8 Å². The van der Waals surface area contributed by atoms with Crippen molar-refractivity contribution in [2.24, 2.45) is 0 Å². The van der Waals surface area contributed by atoms with Crippen molar-refractivity contribution in [1.29, 1.82) is 0 Å². The molecule has 8 heteroatoms. The van der Waals surface area contributed by atoms with Crippen molar-refractivity contribution < 1.29 is 22.4 Å². The number of rotatable bonds is 3. The average Bonchev–Trinajstić information content (AvgIpc) is 2.98. The molecule has 0 aliphatic rings. The molecule has 0 unspecified atom stereocenters. The van der Waals surface area contributed by atoms with Crippen molar-refractivity contribution in [3.63, 3.8) is 0 Å². The first kappa shape index (κ1) is 16.3. The second-order valence-electron chi connectivity index (χ2n) is 4.88. The highest BCUT2D eigenvalue weighted by Crippen LogP contribution is 2.34. The Morgan fingerprint density at radius 1 is 1.04 bits per heavy atom. The Labute approximate surface area is 137 Å². The van der Waals surface area contributed by atoms with Gasteiger partial charge in [-0.2, -0.15) is 13.2 Å². The number of fused-ring (bicyclic) bond motifs is 1. The first-order valence-corrected chi connectivity index (χ1v) is 7.58. The van der Waals surface area contributed by atoms with E-state index in [2.05, 4.69) is 10.9 Å². The molecule has 2 aromatic carbocycles. The van der Waals surface area contributed by atoms with Gasteiger partial charge >= 0.3 is 6.18 Å². The molecule has 0 aliphatic carbocycles. The Hall–Kier alpha value is -2.61. The Morgan fingerprint density at radius 2 is 1.79 bits per heavy atom. The highest BCUT2D eigenvalue weighted by Gasteiger charge is 2.33. The maximum Gasteiger partial charge on any atom is 0.418 e. The molecule has 3 rings (SSSR count). The number of anilines is 1. The topological polar surface area (TPSA) is 41.1 Å². The van der Waals surface area contributed by atoms with Gasteiger partial charge in [0.05, 0.1) is 16.1 Å². The molecule has 0 atom stereocenters. The summed E-state index contributed by atoms with van der Waals surface area (Å²) in [6, 6.07) is 10.6. The molecule has 0 saturated carbocycles. The summed E-state index contributed by atoms with van der Waals surface area (Å²) in [7, 11) is 0. The molecule has 0 spiro atoms. The standard InChI is InChI=1S/C16H10F4N2OS/c17-11-5-3-7-13-9(11)8-14(24-13)15(23)22-21-12-6-2-1-4-10(12)16(18,19)20/h1-8,21H,(H,22,23). The van der Waals surface area contributed by atoms with Crippen LogP contribution in [0, 0.1) is 5.82 Å². The minimum Gasteiger partial charge on any atom is -0.298 e. The molecule has 1 aromatic heterocycles. The number of alkyl halides is 3. The Bertz CT molecular complexity index is 904. The number of hydrazine groups is 1. The number of nitrogens with one attached hydrogen (secondary N) is 2. The lowest BCUT2D eigenvalue weighted by Crippen LogP contribution is -2.29. The Morgan fingerprint density at radius 3 is 2.50 bits per heavy atom. The van der Waals surface area contributed by atoms with Gasteiger partial charge in [-0.3, -0.25) is 15.6 Å². The van der Waals surface area contributed by atoms with Crippen molar-refractivity contribution >= 4 is 33.0 Å². The van der Waals surface area contributed by atoms with Gasteiger partial charge in [-0.15, -0.1) is 11.3 Å². The summed E-state index contributed by atoms with van der Waals surface area (Å²) in [5.41, 5.74) is 3.31. The fourth-order valence-corrected chi connectivity index (χ4v) is 3.13. The molecule has 1 heterocycles. The zero-order valence-corrected chi connectivity index (χ0v) is 12.8. The van der Waals surface area contributed by atoms with Crippen LogP contribution in [-0.4, -0.2) is 5.91 Å². The smallest absolute Gasteiger partial charge is 0.298 e. The first-order chi connectivity index (χ1) is 11.4. The van der Waals surface area contributed by atoms with Crippen LogP contribution >= 0.6 is 11.3 Å². The molecule has 0 fully saturated rings. The number of hydrogen-bond donors (Lipinski definition) is 2. The molecule has 3 aromatic rings. The molecule has 0 bridgehead atoms. The van der Waals surface area contributed by atoms with Crippen LogP contribution in [0.4, 0.5) is 23.2 Å². The predicted octanol–water partition coefficient (Wildman–Crippen LogP) is 4.82. The number of carbonyl (C=O) groups is 1. The van der Waals surface area contributed by atoms with Crippen LogP contribution in [0.5, 0.6) is 0 Å². The number of para-hydroxylation sites is 1. The lowest BCUT2D eigenvalue weighted by molar-refractivity contribution is -0.137. The summed E-state index contributed by atoms with van der Waals surface area (Å²) in [5, 5.41) is 0.295. The molecule has 124 valence electrons. The van der Waals surface area contributed by atoms with E-state index in [1.165, 1.54) is 36.4 Å². The minimum atomic E-state index is -4.55. The van der Waals surface area contributed by atoms with E-state index in [0.29, 0.717) is 10.1 Å². The summed E-state index contributed by atoms with van der Waals surface area (Å²) < 4.78 is 52.9. The third kappa shape index (κ3) is 3.18. The molecule has 3 nitrogen and oxygen atoms in total. The normalized spacial score (nSPS) is 11.5. The lowest BCUT2D eigenvalue weighted by atomic mass is 10.2. The van der Waals surface area contributed by atoms with Gasteiger partial charge in [0.25, 0.3) is 5.91 Å². The summed E-state index contributed by atoms with van der Waals surface area (Å²) in [6.45, 7) is 0. The molecule has 1 amide bonds. The molecule has 0 radical (unpaired) electrons. The zero-order valence-electron chi connectivity index (χ0n) is 11.9. The summed E-state index contributed by atoms with van der Waals surface area (Å²) in [4.78, 5) is 12.3. The lowest BCUT2D eigenvalue weighted by Gasteiger charge is -2.14. The highest BCUT2D eigenvalue weighted by atomic mass is 32.1. The molecular formula is C16H10F4N2OS. The van der Waals surface area contributed by atoms with Gasteiger partial charge in [0.2, 0.25) is 0 Å². The molecule has 0 aliphatic heterocycles. The van der Waals surface area contributed by atoms with Crippen molar-refractivity contribution in [2.45, 2.75) is 6.18 Å². The highest BCUT2D eigenvalue weighted by molar-refractivity contribution is 7.20. The van der Waals surface area contributed by atoms with E-state index in [1.807, 2.05) is 0 Å². The molecule has 0 saturated heterocycles. The monoisotopic (exact) mass is 354 g/mol. The van der Waals surface area contributed by atoms with E-state index < -0.39 is 23.5 Å². The molecule has 2 N–H and O–H groups in total. The van der Waals surface area contributed by atoms with Crippen LogP contribution in [0.25, 0.3) is 10.1 Å². The largest absolute Gasteiger partial charge is 0.418 e. The van der Waals surface area contributed by atoms with Gasteiger partial charge in [-0.1, -0.05) is 18.2 Å². The van der Waals surface area contributed by atoms with Gasteiger partial charge in [0.15, 0.2) is 0 Å². The maximum absolute atomic E-state index is 13.6. The second kappa shape index (κ2) is 6.12. The summed E-state index contributed by atoms with van der Waals surface area (Å²) in [5.74, 6) is -1.11. The fraction of sp³-hybridized carbons (Fsp3) is 0.0625. The zero-order chi connectivity index (χ0) is 17.3. The number of halogens is 4. The number of thiophene rings is 1. The van der Waals surface area contributed by atoms with E-state index in [1.54, 1.807) is 6.07 Å². The van der Waals surface area contributed by atoms with E-state index >= 15 is 0 Å². The SMILES string of the molecule is O=C(NNc1ccccc1C(F)(F)F)c1cc2c(F)cccc2s1. The van der Waals surface area contributed by atoms with Crippen LogP contribution < -0.4 is 10.9 Å². The number of carbonyl (C=O) groups excluding carboxylic acids is 1. The van der Waals surface area contributed by atoms with Gasteiger partial charge in [0, 0.05) is 10.1 Å². The van der Waals surface area contributed by atoms with Crippen LogP contribution in [0.15, 0.2) is 48.5 Å².